The molecule has 2 aliphatic carbocycles. The summed E-state index contributed by atoms with van der Waals surface area (Å²) in [5, 5.41) is 5.21. The second-order valence-corrected chi connectivity index (χ2v) is 7.37. The Labute approximate surface area is 126 Å². The van der Waals surface area contributed by atoms with Crippen LogP contribution < -0.4 is 0 Å². The Kier molecular flexibility index (Phi) is 3.32. The lowest BCUT2D eigenvalue weighted by Crippen LogP contribution is -2.32. The lowest BCUT2D eigenvalue weighted by molar-refractivity contribution is 0.123. The second kappa shape index (κ2) is 4.77. The fourth-order valence-electron chi connectivity index (χ4n) is 3.88. The monoisotopic (exact) mass is 291 g/mol. The normalized spacial score (nSPS) is 32.8. The van der Waals surface area contributed by atoms with Gasteiger partial charge in [-0.15, -0.1) is 0 Å². The van der Waals surface area contributed by atoms with Gasteiger partial charge in [-0.25, -0.2) is 0 Å². The summed E-state index contributed by atoms with van der Waals surface area (Å²) in [6, 6.07) is 7.75. The van der Waals surface area contributed by atoms with E-state index in [0.717, 1.165) is 22.9 Å². The van der Waals surface area contributed by atoms with E-state index in [2.05, 4.69) is 25.9 Å². The molecule has 0 aliphatic heterocycles. The van der Waals surface area contributed by atoms with E-state index in [9.17, 15) is 0 Å². The third-order valence-corrected chi connectivity index (χ3v) is 6.04. The van der Waals surface area contributed by atoms with Gasteiger partial charge in [-0.05, 0) is 48.3 Å². The number of fused-ring (bicyclic) bond motifs is 2. The third kappa shape index (κ3) is 2.05. The van der Waals surface area contributed by atoms with Gasteiger partial charge in [0, 0.05) is 10.4 Å². The minimum Gasteiger partial charge on any atom is -0.391 e. The van der Waals surface area contributed by atoms with E-state index in [1.54, 1.807) is 0 Å². The molecule has 0 N–H and O–H groups in total. The van der Waals surface area contributed by atoms with Crippen molar-refractivity contribution in [3.05, 3.63) is 34.9 Å². The van der Waals surface area contributed by atoms with Gasteiger partial charge in [0.25, 0.3) is 0 Å². The first kappa shape index (κ1) is 13.9. The molecule has 2 bridgehead atoms. The summed E-state index contributed by atoms with van der Waals surface area (Å²) >= 11 is 5.97. The summed E-state index contributed by atoms with van der Waals surface area (Å²) in [6.07, 6.45) is 3.67. The number of benzene rings is 1. The van der Waals surface area contributed by atoms with Gasteiger partial charge in [-0.2, -0.15) is 0 Å². The molecule has 2 atom stereocenters. The fraction of sp³-hybridized carbons (Fsp3) is 0.588. The summed E-state index contributed by atoms with van der Waals surface area (Å²) in [5.41, 5.74) is 2.88. The predicted octanol–water partition coefficient (Wildman–Crippen LogP) is 5.06. The van der Waals surface area contributed by atoms with Crippen molar-refractivity contribution >= 4 is 17.3 Å². The Morgan fingerprint density at radius 3 is 2.75 bits per heavy atom. The number of hydrogen-bond acceptors (Lipinski definition) is 2. The predicted molar refractivity (Wildman–Crippen MR) is 82.9 cm³/mol. The molecule has 20 heavy (non-hydrogen) atoms. The summed E-state index contributed by atoms with van der Waals surface area (Å²) in [5.74, 6) is 0.765. The molecule has 1 unspecified atom stereocenters. The highest BCUT2D eigenvalue weighted by Crippen LogP contribution is 2.63. The van der Waals surface area contributed by atoms with Gasteiger partial charge in [-0.1, -0.05) is 49.7 Å². The van der Waals surface area contributed by atoms with E-state index < -0.39 is 0 Å². The van der Waals surface area contributed by atoms with Crippen LogP contribution in [0.2, 0.25) is 5.02 Å². The first-order chi connectivity index (χ1) is 9.43. The van der Waals surface area contributed by atoms with Gasteiger partial charge in [0.15, 0.2) is 0 Å². The minimum absolute atomic E-state index is 0.214. The molecular weight excluding hydrogens is 270 g/mol. The Hall–Kier alpha value is -1.02. The van der Waals surface area contributed by atoms with Crippen LogP contribution in [0.3, 0.4) is 0 Å². The lowest BCUT2D eigenvalue weighted by atomic mass is 9.70. The maximum Gasteiger partial charge on any atom is 0.142 e. The molecule has 3 heteroatoms. The number of rotatable bonds is 3. The van der Waals surface area contributed by atoms with Crippen molar-refractivity contribution in [3.63, 3.8) is 0 Å². The van der Waals surface area contributed by atoms with E-state index in [0.29, 0.717) is 12.0 Å². The quantitative estimate of drug-likeness (QED) is 0.713. The number of oxime groups is 1. The highest BCUT2D eigenvalue weighted by atomic mass is 35.5. The Balaban J connectivity index is 1.69. The number of hydrogen-bond donors (Lipinski definition) is 0. The van der Waals surface area contributed by atoms with Crippen LogP contribution in [0.1, 0.15) is 45.6 Å². The molecule has 1 aromatic carbocycles. The molecule has 108 valence electrons. The Morgan fingerprint density at radius 1 is 1.35 bits per heavy atom. The highest BCUT2D eigenvalue weighted by molar-refractivity contribution is 6.30. The van der Waals surface area contributed by atoms with Gasteiger partial charge in [-0.3, -0.25) is 0 Å². The topological polar surface area (TPSA) is 21.6 Å². The molecule has 2 saturated carbocycles. The standard InChI is InChI=1S/C17H22ClNO/c1-16(2)13-7-8-17(16,3)15(10-13)19-20-11-12-5-4-6-14(18)9-12/h4-6,9,13H,7-8,10-11H2,1-3H3/b19-15+/t13?,17-/m0/s1. The van der Waals surface area contributed by atoms with Crippen LogP contribution in [0.15, 0.2) is 29.4 Å². The first-order valence-electron chi connectivity index (χ1n) is 7.37. The Morgan fingerprint density at radius 2 is 2.15 bits per heavy atom. The molecule has 0 aromatic heterocycles. The molecule has 3 rings (SSSR count). The zero-order chi connectivity index (χ0) is 14.4. The number of halogens is 1. The molecule has 1 aromatic rings. The molecule has 0 heterocycles. The molecule has 2 fully saturated rings. The molecule has 0 amide bonds. The van der Waals surface area contributed by atoms with Crippen LogP contribution in [0.5, 0.6) is 0 Å². The zero-order valence-corrected chi connectivity index (χ0v) is 13.2. The van der Waals surface area contributed by atoms with Gasteiger partial charge < -0.3 is 4.84 Å². The molecule has 2 nitrogen and oxygen atoms in total. The van der Waals surface area contributed by atoms with Crippen molar-refractivity contribution in [1.82, 2.24) is 0 Å². The molecular formula is C17H22ClNO. The van der Waals surface area contributed by atoms with Crippen LogP contribution in [0, 0.1) is 16.7 Å². The second-order valence-electron chi connectivity index (χ2n) is 6.93. The fourth-order valence-corrected chi connectivity index (χ4v) is 4.09. The molecule has 0 spiro atoms. The van der Waals surface area contributed by atoms with Crippen LogP contribution in [0.25, 0.3) is 0 Å². The van der Waals surface area contributed by atoms with Crippen molar-refractivity contribution in [3.8, 4) is 0 Å². The van der Waals surface area contributed by atoms with E-state index in [4.69, 9.17) is 16.4 Å². The summed E-state index contributed by atoms with van der Waals surface area (Å²) < 4.78 is 0. The van der Waals surface area contributed by atoms with Gasteiger partial charge in [0.05, 0.1) is 5.71 Å². The summed E-state index contributed by atoms with van der Waals surface area (Å²) in [4.78, 5) is 5.60. The van der Waals surface area contributed by atoms with E-state index >= 15 is 0 Å². The van der Waals surface area contributed by atoms with E-state index in [-0.39, 0.29) is 5.41 Å². The van der Waals surface area contributed by atoms with Crippen molar-refractivity contribution in [2.24, 2.45) is 21.9 Å². The first-order valence-corrected chi connectivity index (χ1v) is 7.75. The van der Waals surface area contributed by atoms with Crippen LogP contribution in [-0.4, -0.2) is 5.71 Å². The number of nitrogens with zero attached hydrogens (tertiary/aromatic N) is 1. The van der Waals surface area contributed by atoms with Gasteiger partial charge >= 0.3 is 0 Å². The van der Waals surface area contributed by atoms with Gasteiger partial charge in [0.1, 0.15) is 6.61 Å². The average molecular weight is 292 g/mol. The van der Waals surface area contributed by atoms with Crippen LogP contribution in [-0.2, 0) is 11.4 Å². The van der Waals surface area contributed by atoms with Crippen LogP contribution >= 0.6 is 11.6 Å². The van der Waals surface area contributed by atoms with Crippen molar-refractivity contribution in [2.45, 2.75) is 46.6 Å². The van der Waals surface area contributed by atoms with Crippen molar-refractivity contribution < 1.29 is 4.84 Å². The lowest BCUT2D eigenvalue weighted by Gasteiger charge is -2.34. The summed E-state index contributed by atoms with van der Waals surface area (Å²) in [6.45, 7) is 7.60. The summed E-state index contributed by atoms with van der Waals surface area (Å²) in [7, 11) is 0. The van der Waals surface area contributed by atoms with E-state index in [1.807, 2.05) is 24.3 Å². The SMILES string of the molecule is CC1(C)C2CC[C@@]1(C)/C(=N/OCc1cccc(Cl)c1)C2. The third-order valence-electron chi connectivity index (χ3n) is 5.81. The van der Waals surface area contributed by atoms with Crippen molar-refractivity contribution in [1.29, 1.82) is 0 Å². The molecule has 0 radical (unpaired) electrons. The molecule has 0 saturated heterocycles. The van der Waals surface area contributed by atoms with Crippen molar-refractivity contribution in [2.75, 3.05) is 0 Å². The van der Waals surface area contributed by atoms with Gasteiger partial charge in [0.2, 0.25) is 0 Å². The van der Waals surface area contributed by atoms with Crippen LogP contribution in [0.4, 0.5) is 0 Å². The zero-order valence-electron chi connectivity index (χ0n) is 12.4. The van der Waals surface area contributed by atoms with E-state index in [1.165, 1.54) is 18.6 Å². The highest BCUT2D eigenvalue weighted by Gasteiger charge is 2.60. The maximum absolute atomic E-state index is 5.97. The molecule has 2 aliphatic rings. The minimum atomic E-state index is 0.214. The Bertz CT molecular complexity index is 552. The largest absolute Gasteiger partial charge is 0.391 e. The average Bonchev–Trinajstić information content (AvgIpc) is 2.72. The maximum atomic E-state index is 5.97. The smallest absolute Gasteiger partial charge is 0.142 e.